The molecule has 1 saturated carbocycles. The first-order valence-corrected chi connectivity index (χ1v) is 6.82. The molecule has 0 aliphatic heterocycles. The Hall–Kier alpha value is -0.870. The topological polar surface area (TPSA) is 49.9 Å². The molecule has 4 nitrogen and oxygen atoms in total. The SMILES string of the molecule is CC(C)COC1CC(NCc2cnc[nH]2)C1(C)C. The number of hydrogen-bond donors (Lipinski definition) is 2. The minimum atomic E-state index is 0.217. The van der Waals surface area contributed by atoms with Crippen LogP contribution < -0.4 is 5.32 Å². The lowest BCUT2D eigenvalue weighted by Crippen LogP contribution is -2.60. The van der Waals surface area contributed by atoms with Crippen molar-refractivity contribution in [1.82, 2.24) is 15.3 Å². The molecule has 1 aromatic rings. The first kappa shape index (κ1) is 13.6. The molecule has 18 heavy (non-hydrogen) atoms. The maximum absolute atomic E-state index is 5.96. The van der Waals surface area contributed by atoms with Gasteiger partial charge in [-0.1, -0.05) is 27.7 Å². The largest absolute Gasteiger partial charge is 0.377 e. The predicted molar refractivity (Wildman–Crippen MR) is 72.2 cm³/mol. The highest BCUT2D eigenvalue weighted by Gasteiger charge is 2.48. The van der Waals surface area contributed by atoms with E-state index in [9.17, 15) is 0 Å². The summed E-state index contributed by atoms with van der Waals surface area (Å²) in [6.45, 7) is 10.7. The van der Waals surface area contributed by atoms with Gasteiger partial charge in [-0.25, -0.2) is 4.98 Å². The molecule has 1 aliphatic rings. The molecular weight excluding hydrogens is 226 g/mol. The third-order valence-corrected chi connectivity index (χ3v) is 3.90. The lowest BCUT2D eigenvalue weighted by atomic mass is 9.64. The number of hydrogen-bond acceptors (Lipinski definition) is 3. The second kappa shape index (κ2) is 5.41. The number of nitrogens with one attached hydrogen (secondary N) is 2. The quantitative estimate of drug-likeness (QED) is 0.816. The smallest absolute Gasteiger partial charge is 0.0922 e. The summed E-state index contributed by atoms with van der Waals surface area (Å²) in [5.74, 6) is 0.609. The lowest BCUT2D eigenvalue weighted by molar-refractivity contribution is -0.124. The van der Waals surface area contributed by atoms with Crippen LogP contribution in [0.15, 0.2) is 12.5 Å². The average molecular weight is 251 g/mol. The third-order valence-electron chi connectivity index (χ3n) is 3.90. The predicted octanol–water partition coefficient (Wildman–Crippen LogP) is 2.34. The van der Waals surface area contributed by atoms with Gasteiger partial charge in [0.25, 0.3) is 0 Å². The van der Waals surface area contributed by atoms with Gasteiger partial charge in [0.1, 0.15) is 0 Å². The van der Waals surface area contributed by atoms with E-state index >= 15 is 0 Å². The molecule has 0 bridgehead atoms. The van der Waals surface area contributed by atoms with Gasteiger partial charge in [-0.15, -0.1) is 0 Å². The molecule has 2 N–H and O–H groups in total. The lowest BCUT2D eigenvalue weighted by Gasteiger charge is -2.52. The molecule has 1 heterocycles. The Morgan fingerprint density at radius 1 is 1.56 bits per heavy atom. The summed E-state index contributed by atoms with van der Waals surface area (Å²) in [4.78, 5) is 7.14. The molecular formula is C14H25N3O. The van der Waals surface area contributed by atoms with Crippen molar-refractivity contribution in [2.24, 2.45) is 11.3 Å². The van der Waals surface area contributed by atoms with Gasteiger partial charge >= 0.3 is 0 Å². The highest BCUT2D eigenvalue weighted by molar-refractivity contribution is 5.04. The van der Waals surface area contributed by atoms with Crippen LogP contribution in [-0.4, -0.2) is 28.7 Å². The Kier molecular flexibility index (Phi) is 4.07. The van der Waals surface area contributed by atoms with Gasteiger partial charge in [0.15, 0.2) is 0 Å². The zero-order valence-electron chi connectivity index (χ0n) is 11.9. The van der Waals surface area contributed by atoms with Crippen LogP contribution in [-0.2, 0) is 11.3 Å². The number of H-pyrrole nitrogens is 1. The van der Waals surface area contributed by atoms with Gasteiger partial charge in [0.05, 0.1) is 12.4 Å². The minimum absolute atomic E-state index is 0.217. The van der Waals surface area contributed by atoms with E-state index in [1.807, 2.05) is 6.20 Å². The van der Waals surface area contributed by atoms with Crippen LogP contribution in [0.5, 0.6) is 0 Å². The molecule has 0 radical (unpaired) electrons. The highest BCUT2D eigenvalue weighted by atomic mass is 16.5. The second-order valence-corrected chi connectivity index (χ2v) is 6.28. The van der Waals surface area contributed by atoms with E-state index in [-0.39, 0.29) is 5.41 Å². The molecule has 1 aromatic heterocycles. The van der Waals surface area contributed by atoms with E-state index in [2.05, 4.69) is 43.0 Å². The number of ether oxygens (including phenoxy) is 1. The summed E-state index contributed by atoms with van der Waals surface area (Å²) in [5.41, 5.74) is 1.35. The molecule has 0 saturated heterocycles. The first-order chi connectivity index (χ1) is 8.50. The van der Waals surface area contributed by atoms with Crippen LogP contribution in [0.2, 0.25) is 0 Å². The van der Waals surface area contributed by atoms with Crippen molar-refractivity contribution in [3.05, 3.63) is 18.2 Å². The van der Waals surface area contributed by atoms with Gasteiger partial charge in [0.2, 0.25) is 0 Å². The zero-order chi connectivity index (χ0) is 13.2. The molecule has 2 atom stereocenters. The van der Waals surface area contributed by atoms with Crippen LogP contribution >= 0.6 is 0 Å². The van der Waals surface area contributed by atoms with Crippen LogP contribution in [0.3, 0.4) is 0 Å². The van der Waals surface area contributed by atoms with E-state index in [0.717, 1.165) is 25.3 Å². The fourth-order valence-corrected chi connectivity index (χ4v) is 2.44. The van der Waals surface area contributed by atoms with Crippen molar-refractivity contribution >= 4 is 0 Å². The van der Waals surface area contributed by atoms with Gasteiger partial charge in [-0.05, 0) is 12.3 Å². The normalized spacial score (nSPS) is 26.3. The molecule has 0 amide bonds. The molecule has 0 aromatic carbocycles. The zero-order valence-corrected chi connectivity index (χ0v) is 11.9. The van der Waals surface area contributed by atoms with Gasteiger partial charge in [-0.3, -0.25) is 0 Å². The van der Waals surface area contributed by atoms with Crippen molar-refractivity contribution in [3.63, 3.8) is 0 Å². The van der Waals surface area contributed by atoms with E-state index in [1.54, 1.807) is 6.33 Å². The summed E-state index contributed by atoms with van der Waals surface area (Å²) < 4.78 is 5.96. The van der Waals surface area contributed by atoms with Crippen LogP contribution in [0, 0.1) is 11.3 Å². The van der Waals surface area contributed by atoms with E-state index in [0.29, 0.717) is 18.1 Å². The molecule has 102 valence electrons. The Labute approximate surface area is 110 Å². The number of aromatic amines is 1. The third kappa shape index (κ3) is 2.93. The molecule has 0 spiro atoms. The summed E-state index contributed by atoms with van der Waals surface area (Å²) in [5, 5.41) is 3.58. The Bertz CT molecular complexity index is 359. The number of aromatic nitrogens is 2. The summed E-state index contributed by atoms with van der Waals surface area (Å²) in [7, 11) is 0. The molecule has 2 unspecified atom stereocenters. The van der Waals surface area contributed by atoms with E-state index < -0.39 is 0 Å². The Balaban J connectivity index is 1.76. The molecule has 2 rings (SSSR count). The standard InChI is InChI=1S/C14H25N3O/c1-10(2)8-18-13-5-12(14(13,3)4)16-7-11-6-15-9-17-11/h6,9-10,12-13,16H,5,7-8H2,1-4H3,(H,15,17). The van der Waals surface area contributed by atoms with Crippen LogP contribution in [0.25, 0.3) is 0 Å². The fraction of sp³-hybridized carbons (Fsp3) is 0.786. The van der Waals surface area contributed by atoms with E-state index in [1.165, 1.54) is 0 Å². The van der Waals surface area contributed by atoms with Crippen molar-refractivity contribution in [2.45, 2.75) is 52.8 Å². The van der Waals surface area contributed by atoms with E-state index in [4.69, 9.17) is 4.74 Å². The first-order valence-electron chi connectivity index (χ1n) is 6.82. The van der Waals surface area contributed by atoms with Crippen molar-refractivity contribution in [3.8, 4) is 0 Å². The number of rotatable bonds is 6. The summed E-state index contributed by atoms with van der Waals surface area (Å²) in [6, 6.07) is 0.526. The Morgan fingerprint density at radius 3 is 2.89 bits per heavy atom. The Morgan fingerprint density at radius 2 is 2.33 bits per heavy atom. The minimum Gasteiger partial charge on any atom is -0.377 e. The maximum Gasteiger partial charge on any atom is 0.0922 e. The van der Waals surface area contributed by atoms with Crippen LogP contribution in [0.1, 0.15) is 39.8 Å². The molecule has 4 heteroatoms. The highest BCUT2D eigenvalue weighted by Crippen LogP contribution is 2.43. The summed E-state index contributed by atoms with van der Waals surface area (Å²) >= 11 is 0. The van der Waals surface area contributed by atoms with Gasteiger partial charge in [0, 0.05) is 36.5 Å². The molecule has 1 fully saturated rings. The van der Waals surface area contributed by atoms with Crippen LogP contribution in [0.4, 0.5) is 0 Å². The second-order valence-electron chi connectivity index (χ2n) is 6.28. The molecule has 1 aliphatic carbocycles. The van der Waals surface area contributed by atoms with Crippen molar-refractivity contribution in [1.29, 1.82) is 0 Å². The van der Waals surface area contributed by atoms with Gasteiger partial charge < -0.3 is 15.0 Å². The number of imidazole rings is 1. The van der Waals surface area contributed by atoms with Gasteiger partial charge in [-0.2, -0.15) is 0 Å². The summed E-state index contributed by atoms with van der Waals surface area (Å²) in [6.07, 6.45) is 5.08. The van der Waals surface area contributed by atoms with Crippen molar-refractivity contribution < 1.29 is 4.74 Å². The number of nitrogens with zero attached hydrogens (tertiary/aromatic N) is 1. The van der Waals surface area contributed by atoms with Crippen molar-refractivity contribution in [2.75, 3.05) is 6.61 Å². The monoisotopic (exact) mass is 251 g/mol. The average Bonchev–Trinajstić information content (AvgIpc) is 2.79. The maximum atomic E-state index is 5.96. The fourth-order valence-electron chi connectivity index (χ4n) is 2.44.